The molecule has 0 aromatic heterocycles. The molecule has 6 heteroatoms. The van der Waals surface area contributed by atoms with Gasteiger partial charge in [0, 0.05) is 18.3 Å². The van der Waals surface area contributed by atoms with Gasteiger partial charge in [-0.1, -0.05) is 29.8 Å². The number of rotatable bonds is 5. The molecule has 5 nitrogen and oxygen atoms in total. The summed E-state index contributed by atoms with van der Waals surface area (Å²) in [6, 6.07) is 12.9. The topological polar surface area (TPSA) is 62.6 Å². The maximum atomic E-state index is 12.5. The summed E-state index contributed by atoms with van der Waals surface area (Å²) in [5, 5.41) is 9.28. The van der Waals surface area contributed by atoms with Crippen LogP contribution in [0.4, 0.5) is 5.69 Å². The molecule has 0 saturated heterocycles. The number of para-hydroxylation sites is 1. The number of nitrogens with zero attached hydrogens (tertiary/aromatic N) is 2. The Bertz CT molecular complexity index is 845. The summed E-state index contributed by atoms with van der Waals surface area (Å²) < 4.78 is 11.1. The lowest BCUT2D eigenvalue weighted by Gasteiger charge is -2.19. The van der Waals surface area contributed by atoms with E-state index in [9.17, 15) is 4.79 Å². The van der Waals surface area contributed by atoms with Crippen molar-refractivity contribution in [2.45, 2.75) is 13.3 Å². The zero-order valence-electron chi connectivity index (χ0n) is 13.8. The molecule has 0 fully saturated rings. The Morgan fingerprint density at radius 2 is 2.12 bits per heavy atom. The van der Waals surface area contributed by atoms with Crippen molar-refractivity contribution in [2.75, 3.05) is 24.7 Å². The fraction of sp³-hybridized carbons (Fsp3) is 0.263. The van der Waals surface area contributed by atoms with Crippen molar-refractivity contribution in [1.29, 1.82) is 5.26 Å². The number of nitriles is 1. The lowest BCUT2D eigenvalue weighted by Crippen LogP contribution is -2.33. The highest BCUT2D eigenvalue weighted by Crippen LogP contribution is 2.37. The number of anilines is 1. The number of hydrogen-bond donors (Lipinski definition) is 0. The molecular weight excluding hydrogens is 340 g/mol. The zero-order valence-corrected chi connectivity index (χ0v) is 14.5. The van der Waals surface area contributed by atoms with Gasteiger partial charge in [0.25, 0.3) is 5.91 Å². The summed E-state index contributed by atoms with van der Waals surface area (Å²) in [7, 11) is 0. The average Bonchev–Trinajstić information content (AvgIpc) is 3.05. The van der Waals surface area contributed by atoms with Crippen LogP contribution in [0.2, 0.25) is 5.02 Å². The minimum Gasteiger partial charge on any atom is -0.490 e. The molecule has 128 valence electrons. The van der Waals surface area contributed by atoms with Crippen molar-refractivity contribution >= 4 is 23.2 Å². The van der Waals surface area contributed by atoms with Gasteiger partial charge in [0.15, 0.2) is 18.1 Å². The first-order valence-electron chi connectivity index (χ1n) is 8.01. The summed E-state index contributed by atoms with van der Waals surface area (Å²) in [6.07, 6.45) is 0.837. The molecule has 0 bridgehead atoms. The van der Waals surface area contributed by atoms with Gasteiger partial charge in [0.05, 0.1) is 23.3 Å². The second-order valence-corrected chi connectivity index (χ2v) is 5.95. The van der Waals surface area contributed by atoms with Crippen LogP contribution in [-0.2, 0) is 11.2 Å². The quantitative estimate of drug-likeness (QED) is 0.821. The first kappa shape index (κ1) is 17.1. The van der Waals surface area contributed by atoms with Crippen LogP contribution in [0.3, 0.4) is 0 Å². The Kier molecular flexibility index (Phi) is 5.11. The SMILES string of the molecule is CCOc1cc(C#N)cc(Cl)c1OCC(=O)N1CCc2ccccc21. The molecule has 2 aromatic carbocycles. The molecule has 0 saturated carbocycles. The molecule has 0 N–H and O–H groups in total. The molecule has 0 atom stereocenters. The Balaban J connectivity index is 1.76. The minimum atomic E-state index is -0.153. The van der Waals surface area contributed by atoms with E-state index < -0.39 is 0 Å². The van der Waals surface area contributed by atoms with E-state index in [1.807, 2.05) is 37.3 Å². The van der Waals surface area contributed by atoms with E-state index in [0.29, 0.717) is 24.5 Å². The highest BCUT2D eigenvalue weighted by Gasteiger charge is 2.25. The summed E-state index contributed by atoms with van der Waals surface area (Å²) in [4.78, 5) is 14.3. The molecule has 1 aliphatic rings. The molecule has 0 unspecified atom stereocenters. The van der Waals surface area contributed by atoms with E-state index in [4.69, 9.17) is 26.3 Å². The van der Waals surface area contributed by atoms with Crippen molar-refractivity contribution in [3.05, 3.63) is 52.5 Å². The molecule has 25 heavy (non-hydrogen) atoms. The largest absolute Gasteiger partial charge is 0.490 e. The van der Waals surface area contributed by atoms with Crippen molar-refractivity contribution in [2.24, 2.45) is 0 Å². The lowest BCUT2D eigenvalue weighted by atomic mass is 10.2. The molecule has 0 aliphatic carbocycles. The lowest BCUT2D eigenvalue weighted by molar-refractivity contribution is -0.120. The third-order valence-corrected chi connectivity index (χ3v) is 4.25. The number of hydrogen-bond acceptors (Lipinski definition) is 4. The summed E-state index contributed by atoms with van der Waals surface area (Å²) in [5.74, 6) is 0.498. The number of fused-ring (bicyclic) bond motifs is 1. The highest BCUT2D eigenvalue weighted by molar-refractivity contribution is 6.32. The Labute approximate surface area is 151 Å². The normalized spacial score (nSPS) is 12.4. The third-order valence-electron chi connectivity index (χ3n) is 3.97. The second kappa shape index (κ2) is 7.45. The summed E-state index contributed by atoms with van der Waals surface area (Å²) in [5.41, 5.74) is 2.45. The van der Waals surface area contributed by atoms with Gasteiger partial charge >= 0.3 is 0 Å². The number of benzene rings is 2. The maximum Gasteiger partial charge on any atom is 0.264 e. The first-order valence-corrected chi connectivity index (χ1v) is 8.39. The molecule has 2 aromatic rings. The number of carbonyl (C=O) groups is 1. The first-order chi connectivity index (χ1) is 12.1. The molecule has 0 radical (unpaired) electrons. The Morgan fingerprint density at radius 3 is 2.88 bits per heavy atom. The van der Waals surface area contributed by atoms with Crippen LogP contribution in [0.25, 0.3) is 0 Å². The monoisotopic (exact) mass is 356 g/mol. The van der Waals surface area contributed by atoms with Gasteiger partial charge in [-0.05, 0) is 31.0 Å². The van der Waals surface area contributed by atoms with Gasteiger partial charge in [-0.15, -0.1) is 0 Å². The molecule has 1 heterocycles. The molecular formula is C19H17ClN2O3. The number of halogens is 1. The van der Waals surface area contributed by atoms with Crippen LogP contribution in [0.1, 0.15) is 18.1 Å². The van der Waals surface area contributed by atoms with Crippen LogP contribution >= 0.6 is 11.6 Å². The predicted molar refractivity (Wildman–Crippen MR) is 95.3 cm³/mol. The van der Waals surface area contributed by atoms with E-state index >= 15 is 0 Å². The average molecular weight is 357 g/mol. The number of ether oxygens (including phenoxy) is 2. The minimum absolute atomic E-state index is 0.146. The van der Waals surface area contributed by atoms with Gasteiger partial charge < -0.3 is 14.4 Å². The molecule has 1 amide bonds. The molecule has 0 spiro atoms. The predicted octanol–water partition coefficient (Wildman–Crippen LogP) is 3.58. The van der Waals surface area contributed by atoms with Crippen LogP contribution in [-0.4, -0.2) is 25.7 Å². The summed E-state index contributed by atoms with van der Waals surface area (Å²) in [6.45, 7) is 2.71. The van der Waals surface area contributed by atoms with E-state index in [1.54, 1.807) is 11.0 Å². The molecule has 3 rings (SSSR count). The molecule has 1 aliphatic heterocycles. The fourth-order valence-corrected chi connectivity index (χ4v) is 3.11. The Hall–Kier alpha value is -2.71. The van der Waals surface area contributed by atoms with Gasteiger partial charge in [-0.2, -0.15) is 5.26 Å². The van der Waals surface area contributed by atoms with Crippen molar-refractivity contribution in [3.63, 3.8) is 0 Å². The van der Waals surface area contributed by atoms with E-state index in [2.05, 4.69) is 0 Å². The van der Waals surface area contributed by atoms with Gasteiger partial charge in [-0.3, -0.25) is 4.79 Å². The van der Waals surface area contributed by atoms with Gasteiger partial charge in [0.1, 0.15) is 0 Å². The van der Waals surface area contributed by atoms with E-state index in [-0.39, 0.29) is 23.3 Å². The summed E-state index contributed by atoms with van der Waals surface area (Å²) >= 11 is 6.19. The van der Waals surface area contributed by atoms with Gasteiger partial charge in [0.2, 0.25) is 0 Å². The second-order valence-electron chi connectivity index (χ2n) is 5.54. The van der Waals surface area contributed by atoms with Crippen LogP contribution in [0.5, 0.6) is 11.5 Å². The smallest absolute Gasteiger partial charge is 0.264 e. The van der Waals surface area contributed by atoms with Crippen LogP contribution in [0, 0.1) is 11.3 Å². The number of amides is 1. The van der Waals surface area contributed by atoms with Gasteiger partial charge in [-0.25, -0.2) is 0 Å². The standard InChI is InChI=1S/C19H17ClN2O3/c1-2-24-17-10-13(11-21)9-15(20)19(17)25-12-18(23)22-8-7-14-5-3-4-6-16(14)22/h3-6,9-10H,2,7-8,12H2,1H3. The highest BCUT2D eigenvalue weighted by atomic mass is 35.5. The van der Waals surface area contributed by atoms with Crippen molar-refractivity contribution < 1.29 is 14.3 Å². The van der Waals surface area contributed by atoms with Crippen LogP contribution in [0.15, 0.2) is 36.4 Å². The van der Waals surface area contributed by atoms with E-state index in [1.165, 1.54) is 6.07 Å². The fourth-order valence-electron chi connectivity index (χ4n) is 2.84. The van der Waals surface area contributed by atoms with E-state index in [0.717, 1.165) is 17.7 Å². The zero-order chi connectivity index (χ0) is 17.8. The third kappa shape index (κ3) is 3.54. The maximum absolute atomic E-state index is 12.5. The van der Waals surface area contributed by atoms with Crippen molar-refractivity contribution in [1.82, 2.24) is 0 Å². The van der Waals surface area contributed by atoms with Crippen LogP contribution < -0.4 is 14.4 Å². The van der Waals surface area contributed by atoms with Crippen molar-refractivity contribution in [3.8, 4) is 17.6 Å². The number of carbonyl (C=O) groups excluding carboxylic acids is 1. The Morgan fingerprint density at radius 1 is 1.32 bits per heavy atom.